The molecule has 0 N–H and O–H groups in total. The molecule has 2 aromatic rings. The van der Waals surface area contributed by atoms with Gasteiger partial charge in [0.1, 0.15) is 5.82 Å². The Morgan fingerprint density at radius 2 is 2.32 bits per heavy atom. The van der Waals surface area contributed by atoms with E-state index in [1.54, 1.807) is 4.88 Å². The van der Waals surface area contributed by atoms with Crippen molar-refractivity contribution in [2.24, 2.45) is 7.05 Å². The van der Waals surface area contributed by atoms with E-state index < -0.39 is 0 Å². The van der Waals surface area contributed by atoms with Gasteiger partial charge < -0.3 is 4.90 Å². The Balaban J connectivity index is 2.05. The third-order valence-corrected chi connectivity index (χ3v) is 5.55. The molecule has 102 valence electrons. The molecule has 19 heavy (non-hydrogen) atoms. The summed E-state index contributed by atoms with van der Waals surface area (Å²) in [7, 11) is 2.05. The van der Waals surface area contributed by atoms with Crippen LogP contribution in [0.3, 0.4) is 0 Å². The summed E-state index contributed by atoms with van der Waals surface area (Å²) in [5.74, 6) is 1.26. The Labute approximate surface area is 126 Å². The van der Waals surface area contributed by atoms with Crippen molar-refractivity contribution in [3.8, 4) is 0 Å². The summed E-state index contributed by atoms with van der Waals surface area (Å²) >= 11 is 5.49. The van der Waals surface area contributed by atoms with Crippen LogP contribution in [0, 0.1) is 6.92 Å². The Kier molecular flexibility index (Phi) is 3.43. The highest BCUT2D eigenvalue weighted by Crippen LogP contribution is 2.38. The minimum absolute atomic E-state index is 0.433. The van der Waals surface area contributed by atoms with Gasteiger partial charge in [-0.15, -0.1) is 11.3 Å². The molecule has 0 amide bonds. The van der Waals surface area contributed by atoms with E-state index in [1.807, 2.05) is 23.1 Å². The first-order valence-electron chi connectivity index (χ1n) is 6.54. The summed E-state index contributed by atoms with van der Waals surface area (Å²) in [6.07, 6.45) is 1.14. The van der Waals surface area contributed by atoms with Gasteiger partial charge in [-0.1, -0.05) is 15.9 Å². The Hall–Kier alpha value is -0.810. The molecule has 1 unspecified atom stereocenters. The third kappa shape index (κ3) is 2.03. The zero-order valence-corrected chi connectivity index (χ0v) is 13.9. The van der Waals surface area contributed by atoms with Crippen molar-refractivity contribution < 1.29 is 0 Å². The number of rotatable bonds is 2. The van der Waals surface area contributed by atoms with Gasteiger partial charge in [-0.2, -0.15) is 5.10 Å². The van der Waals surface area contributed by atoms with Gasteiger partial charge in [-0.05, 0) is 37.3 Å². The van der Waals surface area contributed by atoms with Crippen molar-refractivity contribution in [2.45, 2.75) is 31.6 Å². The molecular weight excluding hydrogens is 322 g/mol. The van der Waals surface area contributed by atoms with Gasteiger partial charge >= 0.3 is 0 Å². The van der Waals surface area contributed by atoms with Crippen LogP contribution in [-0.2, 0) is 18.8 Å². The highest BCUT2D eigenvalue weighted by molar-refractivity contribution is 9.08. The Bertz CT molecular complexity index is 602. The summed E-state index contributed by atoms with van der Waals surface area (Å²) in [4.78, 5) is 4.04. The lowest BCUT2D eigenvalue weighted by Gasteiger charge is -2.35. The van der Waals surface area contributed by atoms with Crippen molar-refractivity contribution >= 4 is 33.1 Å². The number of halogens is 1. The van der Waals surface area contributed by atoms with Crippen molar-refractivity contribution in [1.29, 1.82) is 0 Å². The first-order chi connectivity index (χ1) is 9.13. The van der Waals surface area contributed by atoms with E-state index in [9.17, 15) is 0 Å². The average Bonchev–Trinajstić information content (AvgIpc) is 2.95. The molecule has 0 spiro atoms. The summed E-state index contributed by atoms with van der Waals surface area (Å²) in [5.41, 5.74) is 3.92. The fraction of sp³-hybridized carbons (Fsp3) is 0.500. The van der Waals surface area contributed by atoms with E-state index in [4.69, 9.17) is 0 Å². The molecule has 5 heteroatoms. The van der Waals surface area contributed by atoms with Crippen LogP contribution in [0.25, 0.3) is 0 Å². The van der Waals surface area contributed by atoms with Crippen molar-refractivity contribution in [3.05, 3.63) is 33.1 Å². The first-order valence-corrected chi connectivity index (χ1v) is 8.55. The van der Waals surface area contributed by atoms with E-state index in [-0.39, 0.29) is 0 Å². The molecule has 1 aliphatic heterocycles. The number of hydrogen-bond donors (Lipinski definition) is 0. The maximum absolute atomic E-state index is 4.58. The van der Waals surface area contributed by atoms with Crippen LogP contribution in [0.5, 0.6) is 0 Å². The summed E-state index contributed by atoms with van der Waals surface area (Å²) in [5, 5.41) is 7.66. The van der Waals surface area contributed by atoms with E-state index in [1.165, 1.54) is 16.9 Å². The average molecular weight is 340 g/mol. The van der Waals surface area contributed by atoms with Crippen LogP contribution >= 0.6 is 27.3 Å². The first kappa shape index (κ1) is 13.2. The van der Waals surface area contributed by atoms with Crippen LogP contribution in [-0.4, -0.2) is 16.3 Å². The van der Waals surface area contributed by atoms with Crippen molar-refractivity contribution in [2.75, 3.05) is 11.4 Å². The molecule has 0 radical (unpaired) electrons. The maximum atomic E-state index is 4.58. The number of alkyl halides is 1. The summed E-state index contributed by atoms with van der Waals surface area (Å²) < 4.78 is 2.03. The number of hydrogen-bond acceptors (Lipinski definition) is 3. The molecule has 1 aliphatic rings. The molecular formula is C14H18BrN3S. The van der Waals surface area contributed by atoms with Gasteiger partial charge in [0.15, 0.2) is 0 Å². The van der Waals surface area contributed by atoms with Crippen LogP contribution in [0.2, 0.25) is 0 Å². The van der Waals surface area contributed by atoms with E-state index in [0.717, 1.165) is 24.0 Å². The SMILES string of the molecule is Cc1nn(C)c(N2CCc3sccc3C2C)c1CBr. The third-order valence-electron chi connectivity index (χ3n) is 4.00. The molecule has 3 nitrogen and oxygen atoms in total. The van der Waals surface area contributed by atoms with E-state index in [0.29, 0.717) is 6.04 Å². The maximum Gasteiger partial charge on any atom is 0.131 e. The lowest BCUT2D eigenvalue weighted by molar-refractivity contribution is 0.598. The van der Waals surface area contributed by atoms with Gasteiger partial charge in [0.25, 0.3) is 0 Å². The molecule has 1 atom stereocenters. The van der Waals surface area contributed by atoms with Crippen LogP contribution in [0.4, 0.5) is 5.82 Å². The predicted octanol–water partition coefficient (Wildman–Crippen LogP) is 3.81. The fourth-order valence-electron chi connectivity index (χ4n) is 3.00. The minimum Gasteiger partial charge on any atom is -0.349 e. The lowest BCUT2D eigenvalue weighted by atomic mass is 10.0. The fourth-order valence-corrected chi connectivity index (χ4v) is 4.62. The number of nitrogens with zero attached hydrogens (tertiary/aromatic N) is 3. The molecule has 3 heterocycles. The van der Waals surface area contributed by atoms with Gasteiger partial charge in [0.2, 0.25) is 0 Å². The second-order valence-electron chi connectivity index (χ2n) is 5.06. The zero-order chi connectivity index (χ0) is 13.6. The van der Waals surface area contributed by atoms with E-state index >= 15 is 0 Å². The van der Waals surface area contributed by atoms with Crippen LogP contribution < -0.4 is 4.90 Å². The van der Waals surface area contributed by atoms with Gasteiger partial charge in [0.05, 0.1) is 11.7 Å². The molecule has 2 aromatic heterocycles. The van der Waals surface area contributed by atoms with Gasteiger partial charge in [-0.3, -0.25) is 4.68 Å². The van der Waals surface area contributed by atoms with Crippen LogP contribution in [0.15, 0.2) is 11.4 Å². The second kappa shape index (κ2) is 4.94. The topological polar surface area (TPSA) is 21.1 Å². The molecule has 3 rings (SSSR count). The predicted molar refractivity (Wildman–Crippen MR) is 84.4 cm³/mol. The number of aromatic nitrogens is 2. The van der Waals surface area contributed by atoms with Crippen LogP contribution in [0.1, 0.15) is 34.7 Å². The molecule has 0 aromatic carbocycles. The summed E-state index contributed by atoms with van der Waals surface area (Å²) in [6.45, 7) is 5.46. The quantitative estimate of drug-likeness (QED) is 0.775. The second-order valence-corrected chi connectivity index (χ2v) is 6.62. The monoisotopic (exact) mass is 339 g/mol. The minimum atomic E-state index is 0.433. The number of anilines is 1. The van der Waals surface area contributed by atoms with Crippen molar-refractivity contribution in [3.63, 3.8) is 0 Å². The standard InChI is InChI=1S/C14H18BrN3S/c1-9-12(8-15)14(17(3)16-9)18-6-4-13-11(10(18)2)5-7-19-13/h5,7,10H,4,6,8H2,1-3H3. The number of fused-ring (bicyclic) bond motifs is 1. The van der Waals surface area contributed by atoms with Crippen molar-refractivity contribution in [1.82, 2.24) is 9.78 Å². The highest BCUT2D eigenvalue weighted by atomic mass is 79.9. The zero-order valence-electron chi connectivity index (χ0n) is 11.5. The Morgan fingerprint density at radius 1 is 1.53 bits per heavy atom. The van der Waals surface area contributed by atoms with Gasteiger partial charge in [-0.25, -0.2) is 0 Å². The molecule has 0 saturated heterocycles. The van der Waals surface area contributed by atoms with Gasteiger partial charge in [0, 0.05) is 29.4 Å². The summed E-state index contributed by atoms with van der Waals surface area (Å²) in [6, 6.07) is 2.70. The number of aryl methyl sites for hydroxylation is 2. The molecule has 0 saturated carbocycles. The molecule has 0 aliphatic carbocycles. The largest absolute Gasteiger partial charge is 0.349 e. The number of thiophene rings is 1. The normalized spacial score (nSPS) is 18.7. The molecule has 0 bridgehead atoms. The molecule has 0 fully saturated rings. The smallest absolute Gasteiger partial charge is 0.131 e. The van der Waals surface area contributed by atoms with E-state index in [2.05, 4.69) is 51.2 Å². The highest BCUT2D eigenvalue weighted by Gasteiger charge is 2.29. The lowest BCUT2D eigenvalue weighted by Crippen LogP contribution is -2.35. The Morgan fingerprint density at radius 3 is 3.05 bits per heavy atom.